The molecule has 0 saturated carbocycles. The van der Waals surface area contributed by atoms with Crippen molar-refractivity contribution in [3.8, 4) is 0 Å². The van der Waals surface area contributed by atoms with E-state index in [4.69, 9.17) is 4.98 Å². The summed E-state index contributed by atoms with van der Waals surface area (Å²) >= 11 is 0. The molecule has 5 rings (SSSR count). The molecule has 2 aliphatic heterocycles. The van der Waals surface area contributed by atoms with Crippen molar-refractivity contribution in [1.82, 2.24) is 19.4 Å². The maximum Gasteiger partial charge on any atom is 0.131 e. The normalized spacial score (nSPS) is 19.7. The van der Waals surface area contributed by atoms with Crippen LogP contribution in [0.25, 0.3) is 11.0 Å². The van der Waals surface area contributed by atoms with Crippen LogP contribution in [-0.2, 0) is 26.1 Å². The van der Waals surface area contributed by atoms with Gasteiger partial charge in [0.05, 0.1) is 16.7 Å². The molecule has 5 heteroatoms. The van der Waals surface area contributed by atoms with Gasteiger partial charge in [-0.2, -0.15) is 0 Å². The topological polar surface area (TPSA) is 34.0 Å². The smallest absolute Gasteiger partial charge is 0.131 e. The molecule has 134 valence electrons. The molecule has 4 nitrogen and oxygen atoms in total. The van der Waals surface area contributed by atoms with E-state index in [-0.39, 0.29) is 0 Å². The van der Waals surface area contributed by atoms with E-state index in [1.165, 1.54) is 36.2 Å². The van der Waals surface area contributed by atoms with Crippen molar-refractivity contribution in [3.05, 3.63) is 59.2 Å². The Hall–Kier alpha value is -2.27. The number of fused-ring (bicyclic) bond motifs is 5. The lowest BCUT2D eigenvalue weighted by Gasteiger charge is -2.30. The lowest BCUT2D eigenvalue weighted by atomic mass is 9.98. The Bertz CT molecular complexity index is 934. The van der Waals surface area contributed by atoms with Gasteiger partial charge in [0.15, 0.2) is 0 Å². The first kappa shape index (κ1) is 15.9. The predicted octanol–water partition coefficient (Wildman–Crippen LogP) is 3.84. The van der Waals surface area contributed by atoms with Crippen molar-refractivity contribution < 1.29 is 4.39 Å². The Balaban J connectivity index is 1.61. The highest BCUT2D eigenvalue weighted by molar-refractivity contribution is 5.83. The van der Waals surface area contributed by atoms with Gasteiger partial charge in [-0.15, -0.1) is 0 Å². The van der Waals surface area contributed by atoms with E-state index in [0.29, 0.717) is 11.7 Å². The summed E-state index contributed by atoms with van der Waals surface area (Å²) in [6.07, 6.45) is 8.19. The minimum atomic E-state index is -0.500. The standard InChI is InChI=1S/C21H23FN4/c22-13-16-5-6-19-21(24-16)20-17-4-2-10-25(17)11-8-18(20)26(19)12-7-15-3-1-9-23-14-15/h1,3,5-6,9,14,17H,2,4,7-8,10-13H2. The number of aromatic nitrogens is 3. The van der Waals surface area contributed by atoms with Gasteiger partial charge in [0, 0.05) is 49.2 Å². The number of halogens is 1. The molecule has 0 aromatic carbocycles. The SMILES string of the molecule is FCc1ccc2c(n1)c1c(n2CCc2cccnc2)CCN2CCCC12. The number of pyridine rings is 2. The van der Waals surface area contributed by atoms with Crippen LogP contribution in [0, 0.1) is 0 Å². The quantitative estimate of drug-likeness (QED) is 0.717. The van der Waals surface area contributed by atoms with E-state index in [1.807, 2.05) is 24.5 Å². The van der Waals surface area contributed by atoms with Crippen LogP contribution in [0.2, 0.25) is 0 Å². The van der Waals surface area contributed by atoms with Crippen molar-refractivity contribution in [2.24, 2.45) is 0 Å². The minimum absolute atomic E-state index is 0.461. The van der Waals surface area contributed by atoms with Crippen molar-refractivity contribution in [1.29, 1.82) is 0 Å². The van der Waals surface area contributed by atoms with Gasteiger partial charge in [0.2, 0.25) is 0 Å². The molecule has 26 heavy (non-hydrogen) atoms. The zero-order valence-corrected chi connectivity index (χ0v) is 14.9. The summed E-state index contributed by atoms with van der Waals surface area (Å²) in [7, 11) is 0. The minimum Gasteiger partial charge on any atom is -0.343 e. The first-order valence-electron chi connectivity index (χ1n) is 9.55. The number of hydrogen-bond donors (Lipinski definition) is 0. The number of aryl methyl sites for hydroxylation is 2. The van der Waals surface area contributed by atoms with Crippen molar-refractivity contribution in [3.63, 3.8) is 0 Å². The van der Waals surface area contributed by atoms with Crippen LogP contribution in [0.3, 0.4) is 0 Å². The first-order chi connectivity index (χ1) is 12.8. The summed E-state index contributed by atoms with van der Waals surface area (Å²) in [6.45, 7) is 2.72. The molecule has 0 aliphatic carbocycles. The molecule has 1 unspecified atom stereocenters. The van der Waals surface area contributed by atoms with Gasteiger partial charge in [0.1, 0.15) is 6.67 Å². The molecule has 5 heterocycles. The second kappa shape index (κ2) is 6.47. The van der Waals surface area contributed by atoms with Crippen LogP contribution in [0.15, 0.2) is 36.7 Å². The lowest BCUT2D eigenvalue weighted by Crippen LogP contribution is -2.31. The highest BCUT2D eigenvalue weighted by atomic mass is 19.1. The van der Waals surface area contributed by atoms with E-state index in [1.54, 1.807) is 0 Å². The molecule has 0 spiro atoms. The number of alkyl halides is 1. The zero-order chi connectivity index (χ0) is 17.5. The Labute approximate surface area is 152 Å². The third kappa shape index (κ3) is 2.53. The Morgan fingerprint density at radius 3 is 3.00 bits per heavy atom. The van der Waals surface area contributed by atoms with Crippen LogP contribution < -0.4 is 0 Å². The molecule has 1 fully saturated rings. The molecule has 1 saturated heterocycles. The summed E-state index contributed by atoms with van der Waals surface area (Å²) in [4.78, 5) is 11.5. The van der Waals surface area contributed by atoms with Gasteiger partial charge in [-0.25, -0.2) is 9.37 Å². The number of hydrogen-bond acceptors (Lipinski definition) is 3. The van der Waals surface area contributed by atoms with Crippen LogP contribution in [0.1, 0.15) is 41.4 Å². The average molecular weight is 350 g/mol. The Morgan fingerprint density at radius 2 is 2.15 bits per heavy atom. The van der Waals surface area contributed by atoms with Gasteiger partial charge in [-0.3, -0.25) is 9.88 Å². The second-order valence-electron chi connectivity index (χ2n) is 7.37. The van der Waals surface area contributed by atoms with Gasteiger partial charge in [-0.05, 0) is 49.6 Å². The molecular weight excluding hydrogens is 327 g/mol. The summed E-state index contributed by atoms with van der Waals surface area (Å²) in [6, 6.07) is 8.48. The largest absolute Gasteiger partial charge is 0.343 e. The number of rotatable bonds is 4. The summed E-state index contributed by atoms with van der Waals surface area (Å²) in [5, 5.41) is 0. The molecule has 0 amide bonds. The third-order valence-electron chi connectivity index (χ3n) is 5.93. The monoisotopic (exact) mass is 350 g/mol. The maximum atomic E-state index is 13.2. The van der Waals surface area contributed by atoms with E-state index in [2.05, 4.69) is 26.6 Å². The zero-order valence-electron chi connectivity index (χ0n) is 14.9. The van der Waals surface area contributed by atoms with Crippen LogP contribution >= 0.6 is 0 Å². The molecular formula is C21H23FN4. The number of nitrogens with zero attached hydrogens (tertiary/aromatic N) is 4. The van der Waals surface area contributed by atoms with Crippen LogP contribution in [0.5, 0.6) is 0 Å². The van der Waals surface area contributed by atoms with Crippen LogP contribution in [0.4, 0.5) is 4.39 Å². The van der Waals surface area contributed by atoms with Gasteiger partial charge < -0.3 is 4.57 Å². The van der Waals surface area contributed by atoms with Gasteiger partial charge in [0.25, 0.3) is 0 Å². The highest BCUT2D eigenvalue weighted by Gasteiger charge is 2.35. The highest BCUT2D eigenvalue weighted by Crippen LogP contribution is 2.42. The van der Waals surface area contributed by atoms with E-state index in [0.717, 1.165) is 37.0 Å². The Morgan fingerprint density at radius 1 is 1.19 bits per heavy atom. The molecule has 1 atom stereocenters. The first-order valence-corrected chi connectivity index (χ1v) is 9.55. The fourth-order valence-corrected chi connectivity index (χ4v) is 4.74. The molecule has 0 radical (unpaired) electrons. The fourth-order valence-electron chi connectivity index (χ4n) is 4.74. The molecule has 3 aromatic rings. The third-order valence-corrected chi connectivity index (χ3v) is 5.93. The molecule has 0 N–H and O–H groups in total. The van der Waals surface area contributed by atoms with E-state index >= 15 is 0 Å². The summed E-state index contributed by atoms with van der Waals surface area (Å²) in [5.74, 6) is 0. The summed E-state index contributed by atoms with van der Waals surface area (Å²) in [5.41, 5.74) is 6.75. The van der Waals surface area contributed by atoms with Crippen molar-refractivity contribution in [2.75, 3.05) is 13.1 Å². The van der Waals surface area contributed by atoms with E-state index < -0.39 is 6.67 Å². The van der Waals surface area contributed by atoms with Gasteiger partial charge in [-0.1, -0.05) is 6.07 Å². The van der Waals surface area contributed by atoms with Crippen LogP contribution in [-0.4, -0.2) is 32.5 Å². The Kier molecular flexibility index (Phi) is 3.97. The predicted molar refractivity (Wildman–Crippen MR) is 99.7 cm³/mol. The molecule has 2 aliphatic rings. The lowest BCUT2D eigenvalue weighted by molar-refractivity contribution is 0.241. The van der Waals surface area contributed by atoms with E-state index in [9.17, 15) is 4.39 Å². The van der Waals surface area contributed by atoms with Crippen molar-refractivity contribution in [2.45, 2.75) is 44.9 Å². The molecule has 0 bridgehead atoms. The molecule has 3 aromatic heterocycles. The average Bonchev–Trinajstić information content (AvgIpc) is 3.28. The second-order valence-corrected chi connectivity index (χ2v) is 7.37. The van der Waals surface area contributed by atoms with Gasteiger partial charge >= 0.3 is 0 Å². The maximum absolute atomic E-state index is 13.2. The fraction of sp³-hybridized carbons (Fsp3) is 0.429. The van der Waals surface area contributed by atoms with Crippen molar-refractivity contribution >= 4 is 11.0 Å². The summed E-state index contributed by atoms with van der Waals surface area (Å²) < 4.78 is 15.7.